The Kier molecular flexibility index (Phi) is 8.72. The lowest BCUT2D eigenvalue weighted by atomic mass is 9.93. The summed E-state index contributed by atoms with van der Waals surface area (Å²) in [6.45, 7) is 7.80. The van der Waals surface area contributed by atoms with Crippen LogP contribution in [-0.2, 0) is 25.3 Å². The zero-order valence-corrected chi connectivity index (χ0v) is 21.3. The quantitative estimate of drug-likeness (QED) is 0.368. The highest BCUT2D eigenvalue weighted by Crippen LogP contribution is 2.29. The highest BCUT2D eigenvalue weighted by molar-refractivity contribution is 7.92. The number of ether oxygens (including phenoxy) is 1. The SMILES string of the molecule is C=CC[C@@H]1C[C@H]([C@H](CC(C)C)NC(=O)c2cccc(N(C)S(=O)(=O)Cc3ccccc3)c2)OC1=O. The summed E-state index contributed by atoms with van der Waals surface area (Å²) in [6.07, 6.45) is 3.02. The first-order chi connectivity index (χ1) is 16.6. The van der Waals surface area contributed by atoms with Crippen molar-refractivity contribution in [1.82, 2.24) is 5.32 Å². The second-order valence-corrected chi connectivity index (χ2v) is 11.4. The molecule has 1 amide bonds. The van der Waals surface area contributed by atoms with E-state index in [0.717, 1.165) is 0 Å². The summed E-state index contributed by atoms with van der Waals surface area (Å²) >= 11 is 0. The van der Waals surface area contributed by atoms with E-state index >= 15 is 0 Å². The van der Waals surface area contributed by atoms with Gasteiger partial charge in [-0.25, -0.2) is 8.42 Å². The third kappa shape index (κ3) is 6.94. The summed E-state index contributed by atoms with van der Waals surface area (Å²) in [5.74, 6) is -0.704. The van der Waals surface area contributed by atoms with Crippen molar-refractivity contribution in [2.75, 3.05) is 11.4 Å². The largest absolute Gasteiger partial charge is 0.460 e. The maximum atomic E-state index is 13.2. The maximum Gasteiger partial charge on any atom is 0.309 e. The number of cyclic esters (lactones) is 1. The van der Waals surface area contributed by atoms with E-state index in [-0.39, 0.29) is 35.5 Å². The summed E-state index contributed by atoms with van der Waals surface area (Å²) in [5.41, 5.74) is 1.42. The molecule has 1 fully saturated rings. The van der Waals surface area contributed by atoms with Crippen molar-refractivity contribution in [3.05, 3.63) is 78.4 Å². The molecule has 1 aliphatic heterocycles. The molecule has 188 valence electrons. The van der Waals surface area contributed by atoms with Crippen LogP contribution < -0.4 is 9.62 Å². The molecule has 1 aliphatic rings. The van der Waals surface area contributed by atoms with Gasteiger partial charge < -0.3 is 10.1 Å². The van der Waals surface area contributed by atoms with Gasteiger partial charge in [-0.3, -0.25) is 13.9 Å². The van der Waals surface area contributed by atoms with Gasteiger partial charge in [0.2, 0.25) is 10.0 Å². The number of carbonyl (C=O) groups is 2. The minimum Gasteiger partial charge on any atom is -0.460 e. The molecule has 0 aliphatic carbocycles. The Morgan fingerprint density at radius 1 is 1.20 bits per heavy atom. The van der Waals surface area contributed by atoms with Crippen LogP contribution in [-0.4, -0.2) is 39.5 Å². The van der Waals surface area contributed by atoms with Gasteiger partial charge in [-0.05, 0) is 48.9 Å². The lowest BCUT2D eigenvalue weighted by Crippen LogP contribution is -2.44. The third-order valence-electron chi connectivity index (χ3n) is 6.14. The van der Waals surface area contributed by atoms with Crippen molar-refractivity contribution in [3.8, 4) is 0 Å². The van der Waals surface area contributed by atoms with Crippen LogP contribution in [0.15, 0.2) is 67.3 Å². The molecule has 2 aromatic rings. The lowest BCUT2D eigenvalue weighted by Gasteiger charge is -2.26. The molecule has 0 bridgehead atoms. The highest BCUT2D eigenvalue weighted by atomic mass is 32.2. The van der Waals surface area contributed by atoms with E-state index in [0.29, 0.717) is 36.1 Å². The second kappa shape index (κ2) is 11.5. The molecule has 35 heavy (non-hydrogen) atoms. The number of amides is 1. The number of anilines is 1. The topological polar surface area (TPSA) is 92.8 Å². The van der Waals surface area contributed by atoms with Gasteiger partial charge in [-0.1, -0.05) is 56.3 Å². The fourth-order valence-corrected chi connectivity index (χ4v) is 5.50. The summed E-state index contributed by atoms with van der Waals surface area (Å²) in [6, 6.07) is 15.1. The molecule has 2 aromatic carbocycles. The van der Waals surface area contributed by atoms with E-state index in [1.807, 2.05) is 19.9 Å². The van der Waals surface area contributed by atoms with Gasteiger partial charge in [0.05, 0.1) is 23.4 Å². The average Bonchev–Trinajstić information content (AvgIpc) is 3.18. The Balaban J connectivity index is 1.75. The fraction of sp³-hybridized carbons (Fsp3) is 0.407. The average molecular weight is 499 g/mol. The van der Waals surface area contributed by atoms with Gasteiger partial charge in [0.15, 0.2) is 0 Å². The number of allylic oxidation sites excluding steroid dienone is 1. The summed E-state index contributed by atoms with van der Waals surface area (Å²) in [5, 5.41) is 3.02. The normalized spacial score (nSPS) is 18.7. The predicted octanol–water partition coefficient (Wildman–Crippen LogP) is 4.31. The Morgan fingerprint density at radius 2 is 1.91 bits per heavy atom. The van der Waals surface area contributed by atoms with Crippen molar-refractivity contribution < 1.29 is 22.7 Å². The van der Waals surface area contributed by atoms with Crippen LogP contribution in [0.4, 0.5) is 5.69 Å². The Labute approximate surface area is 208 Å². The van der Waals surface area contributed by atoms with Crippen molar-refractivity contribution >= 4 is 27.6 Å². The van der Waals surface area contributed by atoms with Crippen LogP contribution in [0.5, 0.6) is 0 Å². The molecule has 0 radical (unpaired) electrons. The van der Waals surface area contributed by atoms with Crippen molar-refractivity contribution in [1.29, 1.82) is 0 Å². The molecule has 7 nitrogen and oxygen atoms in total. The minimum atomic E-state index is -3.64. The van der Waals surface area contributed by atoms with Gasteiger partial charge in [-0.2, -0.15) is 0 Å². The Bertz CT molecular complexity index is 1150. The summed E-state index contributed by atoms with van der Waals surface area (Å²) in [4.78, 5) is 25.4. The van der Waals surface area contributed by atoms with E-state index in [2.05, 4.69) is 11.9 Å². The van der Waals surface area contributed by atoms with Crippen molar-refractivity contribution in [2.24, 2.45) is 11.8 Å². The molecular weight excluding hydrogens is 464 g/mol. The smallest absolute Gasteiger partial charge is 0.309 e. The zero-order chi connectivity index (χ0) is 25.6. The molecule has 0 unspecified atom stereocenters. The molecule has 3 rings (SSSR count). The molecule has 0 aromatic heterocycles. The van der Waals surface area contributed by atoms with E-state index in [4.69, 9.17) is 4.74 Å². The van der Waals surface area contributed by atoms with Gasteiger partial charge in [-0.15, -0.1) is 6.58 Å². The van der Waals surface area contributed by atoms with Crippen LogP contribution in [0.3, 0.4) is 0 Å². The van der Waals surface area contributed by atoms with Gasteiger partial charge in [0, 0.05) is 12.6 Å². The number of esters is 1. The number of sulfonamides is 1. The fourth-order valence-electron chi connectivity index (χ4n) is 4.26. The van der Waals surface area contributed by atoms with E-state index in [1.165, 1.54) is 11.4 Å². The Hall–Kier alpha value is -3.13. The van der Waals surface area contributed by atoms with Gasteiger partial charge in [0.25, 0.3) is 5.91 Å². The molecule has 3 atom stereocenters. The number of nitrogens with one attached hydrogen (secondary N) is 1. The molecule has 1 saturated heterocycles. The first-order valence-electron chi connectivity index (χ1n) is 11.8. The monoisotopic (exact) mass is 498 g/mol. The van der Waals surface area contributed by atoms with Crippen molar-refractivity contribution in [2.45, 2.75) is 51.0 Å². The standard InChI is InChI=1S/C27H34N2O5S/c1-5-10-22-17-25(34-27(22)31)24(15-19(2)3)28-26(30)21-13-9-14-23(16-21)29(4)35(32,33)18-20-11-7-6-8-12-20/h5-9,11-14,16,19,22,24-25H,1,10,15,17-18H2,2-4H3,(H,28,30)/t22-,24+,25-/m1/s1. The zero-order valence-electron chi connectivity index (χ0n) is 20.5. The highest BCUT2D eigenvalue weighted by Gasteiger charge is 2.39. The van der Waals surface area contributed by atoms with Gasteiger partial charge in [0.1, 0.15) is 6.10 Å². The second-order valence-electron chi connectivity index (χ2n) is 9.40. The molecule has 1 N–H and O–H groups in total. The maximum absolute atomic E-state index is 13.2. The number of carbonyl (C=O) groups excluding carboxylic acids is 2. The number of hydrogen-bond donors (Lipinski definition) is 1. The molecule has 0 saturated carbocycles. The van der Waals surface area contributed by atoms with E-state index in [9.17, 15) is 18.0 Å². The van der Waals surface area contributed by atoms with Crippen molar-refractivity contribution in [3.63, 3.8) is 0 Å². The first kappa shape index (κ1) is 26.5. The molecular formula is C27H34N2O5S. The number of hydrogen-bond acceptors (Lipinski definition) is 5. The van der Waals surface area contributed by atoms with E-state index < -0.39 is 16.1 Å². The summed E-state index contributed by atoms with van der Waals surface area (Å²) in [7, 11) is -2.16. The number of benzene rings is 2. The number of rotatable bonds is 11. The van der Waals surface area contributed by atoms with Crippen LogP contribution in [0, 0.1) is 11.8 Å². The third-order valence-corrected chi connectivity index (χ3v) is 7.88. The van der Waals surface area contributed by atoms with Gasteiger partial charge >= 0.3 is 5.97 Å². The molecule has 1 heterocycles. The minimum absolute atomic E-state index is 0.143. The van der Waals surface area contributed by atoms with Crippen LogP contribution in [0.2, 0.25) is 0 Å². The molecule has 0 spiro atoms. The molecule has 8 heteroatoms. The van der Waals surface area contributed by atoms with Crippen LogP contribution in [0.25, 0.3) is 0 Å². The Morgan fingerprint density at radius 3 is 2.57 bits per heavy atom. The van der Waals surface area contributed by atoms with Crippen LogP contribution >= 0.6 is 0 Å². The van der Waals surface area contributed by atoms with Crippen LogP contribution in [0.1, 0.15) is 49.0 Å². The lowest BCUT2D eigenvalue weighted by molar-refractivity contribution is -0.145. The number of nitrogens with zero attached hydrogens (tertiary/aromatic N) is 1. The first-order valence-corrected chi connectivity index (χ1v) is 13.4. The predicted molar refractivity (Wildman–Crippen MR) is 137 cm³/mol. The summed E-state index contributed by atoms with van der Waals surface area (Å²) < 4.78 is 32.7. The van der Waals surface area contributed by atoms with E-state index in [1.54, 1.807) is 54.6 Å².